The lowest BCUT2D eigenvalue weighted by Crippen LogP contribution is -2.07. The van der Waals surface area contributed by atoms with Gasteiger partial charge in [-0.1, -0.05) is 0 Å². The molecule has 2 aromatic rings. The predicted octanol–water partition coefficient (Wildman–Crippen LogP) is 6.31. The fourth-order valence-electron chi connectivity index (χ4n) is 1.73. The van der Waals surface area contributed by atoms with Crippen LogP contribution in [0.1, 0.15) is 26.3 Å². The molecule has 1 heterocycles. The molecular formula is C13H8BrClF4S. The van der Waals surface area contributed by atoms with Gasteiger partial charge in [-0.3, -0.25) is 0 Å². The van der Waals surface area contributed by atoms with Gasteiger partial charge in [0.15, 0.2) is 0 Å². The van der Waals surface area contributed by atoms with Gasteiger partial charge in [-0.2, -0.15) is 13.2 Å². The van der Waals surface area contributed by atoms with E-state index in [-0.39, 0.29) is 5.56 Å². The summed E-state index contributed by atoms with van der Waals surface area (Å²) in [6.45, 7) is 1.84. The van der Waals surface area contributed by atoms with Gasteiger partial charge < -0.3 is 0 Å². The fraction of sp³-hybridized carbons (Fsp3) is 0.231. The van der Waals surface area contributed by atoms with Gasteiger partial charge in [-0.25, -0.2) is 4.39 Å². The third-order valence-electron chi connectivity index (χ3n) is 2.66. The standard InChI is InChI=1S/C13H8BrClF4S/c1-6-4-9(14)12(20-6)11(15)8-5-7(13(17,18)19)2-3-10(8)16/h2-5,11H,1H3. The number of hydrogen-bond acceptors (Lipinski definition) is 1. The molecule has 0 spiro atoms. The van der Waals surface area contributed by atoms with Crippen LogP contribution in [0.25, 0.3) is 0 Å². The average molecular weight is 388 g/mol. The van der Waals surface area contributed by atoms with Crippen molar-refractivity contribution < 1.29 is 17.6 Å². The summed E-state index contributed by atoms with van der Waals surface area (Å²) in [5.74, 6) is -0.754. The number of benzene rings is 1. The van der Waals surface area contributed by atoms with Crippen molar-refractivity contribution >= 4 is 38.9 Å². The van der Waals surface area contributed by atoms with Gasteiger partial charge in [0.05, 0.1) is 10.9 Å². The second-order valence-corrected chi connectivity index (χ2v) is 6.74. The van der Waals surface area contributed by atoms with E-state index < -0.39 is 22.9 Å². The summed E-state index contributed by atoms with van der Waals surface area (Å²) in [5, 5.41) is -0.967. The monoisotopic (exact) mass is 386 g/mol. The van der Waals surface area contributed by atoms with Crippen LogP contribution in [-0.2, 0) is 6.18 Å². The lowest BCUT2D eigenvalue weighted by Gasteiger charge is -2.13. The first-order chi connectivity index (χ1) is 9.20. The van der Waals surface area contributed by atoms with Crippen LogP contribution in [0, 0.1) is 12.7 Å². The summed E-state index contributed by atoms with van der Waals surface area (Å²) < 4.78 is 52.5. The molecule has 2 rings (SSSR count). The molecule has 108 valence electrons. The molecule has 0 amide bonds. The molecule has 0 bridgehead atoms. The Labute approximate surface area is 130 Å². The van der Waals surface area contributed by atoms with Crippen LogP contribution in [0.15, 0.2) is 28.7 Å². The van der Waals surface area contributed by atoms with E-state index in [0.29, 0.717) is 15.4 Å². The van der Waals surface area contributed by atoms with Crippen molar-refractivity contribution in [3.63, 3.8) is 0 Å². The molecule has 7 heteroatoms. The van der Waals surface area contributed by atoms with E-state index in [1.54, 1.807) is 6.07 Å². The highest BCUT2D eigenvalue weighted by Crippen LogP contribution is 2.41. The van der Waals surface area contributed by atoms with Gasteiger partial charge in [0.25, 0.3) is 0 Å². The highest BCUT2D eigenvalue weighted by molar-refractivity contribution is 9.10. The largest absolute Gasteiger partial charge is 0.416 e. The Morgan fingerprint density at radius 1 is 1.25 bits per heavy atom. The molecule has 0 aliphatic carbocycles. The lowest BCUT2D eigenvalue weighted by molar-refractivity contribution is -0.137. The van der Waals surface area contributed by atoms with Crippen LogP contribution >= 0.6 is 38.9 Å². The molecular weight excluding hydrogens is 380 g/mol. The number of rotatable bonds is 2. The van der Waals surface area contributed by atoms with Crippen LogP contribution in [0.5, 0.6) is 0 Å². The van der Waals surface area contributed by atoms with Crippen molar-refractivity contribution in [1.82, 2.24) is 0 Å². The summed E-state index contributed by atoms with van der Waals surface area (Å²) >= 11 is 10.7. The molecule has 1 aromatic heterocycles. The van der Waals surface area contributed by atoms with Gasteiger partial charge in [0.1, 0.15) is 5.82 Å². The minimum atomic E-state index is -4.53. The first-order valence-electron chi connectivity index (χ1n) is 5.46. The van der Waals surface area contributed by atoms with Gasteiger partial charge in [0, 0.05) is 19.8 Å². The molecule has 0 radical (unpaired) electrons. The van der Waals surface area contributed by atoms with Crippen molar-refractivity contribution in [2.75, 3.05) is 0 Å². The smallest absolute Gasteiger partial charge is 0.207 e. The number of hydrogen-bond donors (Lipinski definition) is 0. The Hall–Kier alpha value is -0.590. The fourth-order valence-corrected chi connectivity index (χ4v) is 4.16. The maximum absolute atomic E-state index is 13.8. The minimum Gasteiger partial charge on any atom is -0.207 e. The maximum Gasteiger partial charge on any atom is 0.416 e. The molecule has 1 aromatic carbocycles. The third-order valence-corrected chi connectivity index (χ3v) is 5.28. The zero-order valence-electron chi connectivity index (χ0n) is 10.1. The first kappa shape index (κ1) is 15.8. The van der Waals surface area contributed by atoms with E-state index in [1.807, 2.05) is 6.92 Å². The number of alkyl halides is 4. The molecule has 0 N–H and O–H groups in total. The topological polar surface area (TPSA) is 0 Å². The average Bonchev–Trinajstić information content (AvgIpc) is 2.66. The normalized spacial score (nSPS) is 13.6. The van der Waals surface area contributed by atoms with Gasteiger partial charge in [0.2, 0.25) is 0 Å². The molecule has 0 nitrogen and oxygen atoms in total. The molecule has 0 fully saturated rings. The Morgan fingerprint density at radius 3 is 2.40 bits per heavy atom. The summed E-state index contributed by atoms with van der Waals surface area (Å²) in [5.41, 5.74) is -1.09. The van der Waals surface area contributed by atoms with Crippen LogP contribution in [-0.4, -0.2) is 0 Å². The third kappa shape index (κ3) is 3.18. The van der Waals surface area contributed by atoms with Crippen LogP contribution < -0.4 is 0 Å². The van der Waals surface area contributed by atoms with E-state index in [9.17, 15) is 17.6 Å². The van der Waals surface area contributed by atoms with Crippen LogP contribution in [0.2, 0.25) is 0 Å². The SMILES string of the molecule is Cc1cc(Br)c(C(Cl)c2cc(C(F)(F)F)ccc2F)s1. The van der Waals surface area contributed by atoms with E-state index in [0.717, 1.165) is 17.0 Å². The zero-order valence-corrected chi connectivity index (χ0v) is 13.2. The summed E-state index contributed by atoms with van der Waals surface area (Å²) in [6.07, 6.45) is -4.53. The highest BCUT2D eigenvalue weighted by Gasteiger charge is 2.32. The molecule has 0 saturated heterocycles. The second-order valence-electron chi connectivity index (χ2n) is 4.17. The molecule has 20 heavy (non-hydrogen) atoms. The van der Waals surface area contributed by atoms with E-state index in [1.165, 1.54) is 11.3 Å². The molecule has 0 aliphatic heterocycles. The Kier molecular flexibility index (Phi) is 4.47. The van der Waals surface area contributed by atoms with E-state index in [4.69, 9.17) is 11.6 Å². The highest BCUT2D eigenvalue weighted by atomic mass is 79.9. The summed E-state index contributed by atoms with van der Waals surface area (Å²) in [7, 11) is 0. The summed E-state index contributed by atoms with van der Waals surface area (Å²) in [4.78, 5) is 1.52. The Bertz CT molecular complexity index is 636. The number of thiophene rings is 1. The van der Waals surface area contributed by atoms with Crippen molar-refractivity contribution in [1.29, 1.82) is 0 Å². The predicted molar refractivity (Wildman–Crippen MR) is 75.9 cm³/mol. The quantitative estimate of drug-likeness (QED) is 0.419. The Balaban J connectivity index is 2.49. The van der Waals surface area contributed by atoms with Crippen molar-refractivity contribution in [2.45, 2.75) is 18.5 Å². The molecule has 0 saturated carbocycles. The summed E-state index contributed by atoms with van der Waals surface area (Å²) in [6, 6.07) is 4.05. The first-order valence-corrected chi connectivity index (χ1v) is 7.51. The molecule has 1 unspecified atom stereocenters. The lowest BCUT2D eigenvalue weighted by atomic mass is 10.1. The molecule has 1 atom stereocenters. The van der Waals surface area contributed by atoms with E-state index >= 15 is 0 Å². The minimum absolute atomic E-state index is 0.177. The molecule has 0 aliphatic rings. The van der Waals surface area contributed by atoms with Gasteiger partial charge in [-0.05, 0) is 47.1 Å². The Morgan fingerprint density at radius 2 is 1.90 bits per heavy atom. The second kappa shape index (κ2) is 5.66. The van der Waals surface area contributed by atoms with E-state index in [2.05, 4.69) is 15.9 Å². The zero-order chi connectivity index (χ0) is 15.1. The number of aryl methyl sites for hydroxylation is 1. The number of halogens is 6. The van der Waals surface area contributed by atoms with Crippen molar-refractivity contribution in [2.24, 2.45) is 0 Å². The van der Waals surface area contributed by atoms with Crippen molar-refractivity contribution in [3.8, 4) is 0 Å². The van der Waals surface area contributed by atoms with Crippen molar-refractivity contribution in [3.05, 3.63) is 55.4 Å². The maximum atomic E-state index is 13.8. The van der Waals surface area contributed by atoms with Crippen LogP contribution in [0.4, 0.5) is 17.6 Å². The van der Waals surface area contributed by atoms with Gasteiger partial charge in [-0.15, -0.1) is 22.9 Å². The van der Waals surface area contributed by atoms with Crippen LogP contribution in [0.3, 0.4) is 0 Å². The van der Waals surface area contributed by atoms with Gasteiger partial charge >= 0.3 is 6.18 Å².